The number of sulfonamides is 1. The number of nitrogens with one attached hydrogen (secondary N) is 1. The SMILES string of the molecule is N=C(N)c1ccc(CN2CCN(S(=O)(=O)c3cc4ccccc4s3)CC2=O)cc1. The highest BCUT2D eigenvalue weighted by atomic mass is 32.2. The van der Waals surface area contributed by atoms with Gasteiger partial charge in [0.1, 0.15) is 10.0 Å². The number of nitrogen functional groups attached to an aromatic ring is 1. The van der Waals surface area contributed by atoms with Gasteiger partial charge >= 0.3 is 0 Å². The van der Waals surface area contributed by atoms with E-state index in [1.807, 2.05) is 36.4 Å². The van der Waals surface area contributed by atoms with Crippen LogP contribution in [0.4, 0.5) is 0 Å². The van der Waals surface area contributed by atoms with Gasteiger partial charge in [-0.05, 0) is 23.1 Å². The van der Waals surface area contributed by atoms with E-state index < -0.39 is 10.0 Å². The highest BCUT2D eigenvalue weighted by Crippen LogP contribution is 2.31. The molecule has 1 aliphatic rings. The molecule has 0 radical (unpaired) electrons. The molecule has 0 atom stereocenters. The summed E-state index contributed by atoms with van der Waals surface area (Å²) in [6.45, 7) is 0.821. The molecule has 9 heteroatoms. The van der Waals surface area contributed by atoms with Crippen molar-refractivity contribution < 1.29 is 13.2 Å². The van der Waals surface area contributed by atoms with Gasteiger partial charge in [-0.3, -0.25) is 10.2 Å². The molecule has 1 saturated heterocycles. The first-order valence-corrected chi connectivity index (χ1v) is 11.3. The molecule has 1 aliphatic heterocycles. The third-order valence-corrected chi connectivity index (χ3v) is 8.33. The molecule has 1 amide bonds. The maximum Gasteiger partial charge on any atom is 0.253 e. The molecule has 150 valence electrons. The average Bonchev–Trinajstić information content (AvgIpc) is 3.15. The summed E-state index contributed by atoms with van der Waals surface area (Å²) in [5, 5.41) is 8.31. The fraction of sp³-hybridized carbons (Fsp3) is 0.200. The number of benzene rings is 2. The van der Waals surface area contributed by atoms with Crippen molar-refractivity contribution in [2.24, 2.45) is 5.73 Å². The average molecular weight is 429 g/mol. The highest BCUT2D eigenvalue weighted by molar-refractivity contribution is 7.91. The Morgan fingerprint density at radius 2 is 1.83 bits per heavy atom. The number of hydrogen-bond acceptors (Lipinski definition) is 5. The summed E-state index contributed by atoms with van der Waals surface area (Å²) in [6.07, 6.45) is 0. The standard InChI is InChI=1S/C20H20N4O3S2/c21-20(22)15-7-5-14(6-8-15)12-23-9-10-24(13-18(23)25)29(26,27)19-11-16-3-1-2-4-17(16)28-19/h1-8,11H,9-10,12-13H2,(H3,21,22). The Morgan fingerprint density at radius 3 is 2.48 bits per heavy atom. The topological polar surface area (TPSA) is 108 Å². The summed E-state index contributed by atoms with van der Waals surface area (Å²) in [5.41, 5.74) is 6.99. The van der Waals surface area contributed by atoms with Crippen molar-refractivity contribution in [1.29, 1.82) is 5.41 Å². The normalized spacial score (nSPS) is 15.7. The quantitative estimate of drug-likeness (QED) is 0.480. The van der Waals surface area contributed by atoms with Crippen LogP contribution in [0.15, 0.2) is 58.8 Å². The van der Waals surface area contributed by atoms with E-state index in [-0.39, 0.29) is 29.0 Å². The Kier molecular flexibility index (Phi) is 5.12. The Morgan fingerprint density at radius 1 is 1.10 bits per heavy atom. The summed E-state index contributed by atoms with van der Waals surface area (Å²) in [6, 6.07) is 16.3. The first kappa shape index (κ1) is 19.6. The molecule has 7 nitrogen and oxygen atoms in total. The summed E-state index contributed by atoms with van der Waals surface area (Å²) in [4.78, 5) is 14.3. The van der Waals surface area contributed by atoms with Crippen LogP contribution < -0.4 is 5.73 Å². The second kappa shape index (κ2) is 7.58. The molecular formula is C20H20N4O3S2. The number of nitrogens with zero attached hydrogens (tertiary/aromatic N) is 2. The molecule has 0 spiro atoms. The first-order chi connectivity index (χ1) is 13.8. The lowest BCUT2D eigenvalue weighted by Crippen LogP contribution is -2.51. The minimum atomic E-state index is -3.70. The number of amides is 1. The first-order valence-electron chi connectivity index (χ1n) is 9.04. The summed E-state index contributed by atoms with van der Waals surface area (Å²) < 4.78 is 28.4. The third kappa shape index (κ3) is 3.89. The molecule has 3 aromatic rings. The van der Waals surface area contributed by atoms with E-state index in [0.717, 1.165) is 15.6 Å². The highest BCUT2D eigenvalue weighted by Gasteiger charge is 2.33. The predicted octanol–water partition coefficient (Wildman–Crippen LogP) is 2.22. The number of thiophene rings is 1. The van der Waals surface area contributed by atoms with Gasteiger partial charge in [-0.1, -0.05) is 42.5 Å². The van der Waals surface area contributed by atoms with E-state index in [1.165, 1.54) is 15.6 Å². The van der Waals surface area contributed by atoms with Crippen LogP contribution in [0.1, 0.15) is 11.1 Å². The van der Waals surface area contributed by atoms with Gasteiger partial charge in [-0.2, -0.15) is 4.31 Å². The fourth-order valence-electron chi connectivity index (χ4n) is 3.28. The molecule has 0 aliphatic carbocycles. The van der Waals surface area contributed by atoms with Crippen LogP contribution >= 0.6 is 11.3 Å². The van der Waals surface area contributed by atoms with Gasteiger partial charge < -0.3 is 10.6 Å². The Hall–Kier alpha value is -2.75. The van der Waals surface area contributed by atoms with E-state index in [4.69, 9.17) is 11.1 Å². The van der Waals surface area contributed by atoms with Gasteiger partial charge in [0.05, 0.1) is 6.54 Å². The third-order valence-electron chi connectivity index (χ3n) is 4.92. The number of hydrogen-bond donors (Lipinski definition) is 2. The summed E-state index contributed by atoms with van der Waals surface area (Å²) in [7, 11) is -3.70. The van der Waals surface area contributed by atoms with Crippen LogP contribution in [0, 0.1) is 5.41 Å². The number of nitrogens with two attached hydrogens (primary N) is 1. The molecular weight excluding hydrogens is 408 g/mol. The van der Waals surface area contributed by atoms with Crippen LogP contribution in [0.25, 0.3) is 10.1 Å². The van der Waals surface area contributed by atoms with E-state index >= 15 is 0 Å². The van der Waals surface area contributed by atoms with Crippen molar-refractivity contribution in [2.75, 3.05) is 19.6 Å². The van der Waals surface area contributed by atoms with E-state index in [2.05, 4.69) is 0 Å². The van der Waals surface area contributed by atoms with Gasteiger partial charge in [0.2, 0.25) is 5.91 Å². The maximum atomic E-state index is 13.0. The smallest absolute Gasteiger partial charge is 0.253 e. The number of piperazine rings is 1. The second-order valence-electron chi connectivity index (χ2n) is 6.87. The molecule has 2 aromatic carbocycles. The summed E-state index contributed by atoms with van der Waals surface area (Å²) in [5.74, 6) is -0.232. The predicted molar refractivity (Wildman–Crippen MR) is 113 cm³/mol. The van der Waals surface area contributed by atoms with E-state index in [9.17, 15) is 13.2 Å². The monoisotopic (exact) mass is 428 g/mol. The number of fused-ring (bicyclic) bond motifs is 1. The molecule has 0 unspecified atom stereocenters. The number of carbonyl (C=O) groups is 1. The lowest BCUT2D eigenvalue weighted by atomic mass is 10.1. The molecule has 1 fully saturated rings. The van der Waals surface area contributed by atoms with Crippen molar-refractivity contribution in [3.05, 3.63) is 65.7 Å². The van der Waals surface area contributed by atoms with E-state index in [1.54, 1.807) is 23.1 Å². The van der Waals surface area contributed by atoms with Crippen molar-refractivity contribution >= 4 is 43.2 Å². The lowest BCUT2D eigenvalue weighted by molar-refractivity contribution is -0.134. The van der Waals surface area contributed by atoms with E-state index in [0.29, 0.717) is 18.7 Å². The molecule has 4 rings (SSSR count). The van der Waals surface area contributed by atoms with Gasteiger partial charge in [0.15, 0.2) is 0 Å². The zero-order chi connectivity index (χ0) is 20.6. The maximum absolute atomic E-state index is 13.0. The van der Waals surface area contributed by atoms with Crippen molar-refractivity contribution in [3.8, 4) is 0 Å². The Bertz CT molecular complexity index is 1150. The number of amidine groups is 1. The molecule has 3 N–H and O–H groups in total. The van der Waals surface area contributed by atoms with Crippen molar-refractivity contribution in [1.82, 2.24) is 9.21 Å². The number of rotatable bonds is 5. The van der Waals surface area contributed by atoms with Crippen LogP contribution in [-0.2, 0) is 21.4 Å². The lowest BCUT2D eigenvalue weighted by Gasteiger charge is -2.33. The zero-order valence-electron chi connectivity index (χ0n) is 15.5. The molecule has 1 aromatic heterocycles. The zero-order valence-corrected chi connectivity index (χ0v) is 17.2. The van der Waals surface area contributed by atoms with Crippen LogP contribution in [-0.4, -0.2) is 49.0 Å². The number of carbonyl (C=O) groups excluding carboxylic acids is 1. The van der Waals surface area contributed by atoms with Gasteiger partial charge in [-0.25, -0.2) is 8.42 Å². The molecule has 0 bridgehead atoms. The molecule has 0 saturated carbocycles. The van der Waals surface area contributed by atoms with Gasteiger partial charge in [0, 0.05) is 29.9 Å². The van der Waals surface area contributed by atoms with Crippen LogP contribution in [0.3, 0.4) is 0 Å². The molecule has 29 heavy (non-hydrogen) atoms. The Balaban J connectivity index is 1.46. The molecule has 2 heterocycles. The minimum Gasteiger partial charge on any atom is -0.384 e. The van der Waals surface area contributed by atoms with Crippen molar-refractivity contribution in [2.45, 2.75) is 10.8 Å². The van der Waals surface area contributed by atoms with Gasteiger partial charge in [-0.15, -0.1) is 11.3 Å². The van der Waals surface area contributed by atoms with Crippen LogP contribution in [0.2, 0.25) is 0 Å². The fourth-order valence-corrected chi connectivity index (χ4v) is 6.21. The second-order valence-corrected chi connectivity index (χ2v) is 10.1. The summed E-state index contributed by atoms with van der Waals surface area (Å²) >= 11 is 1.22. The van der Waals surface area contributed by atoms with Gasteiger partial charge in [0.25, 0.3) is 10.0 Å². The largest absolute Gasteiger partial charge is 0.384 e. The Labute approximate surface area is 172 Å². The van der Waals surface area contributed by atoms with Crippen LogP contribution in [0.5, 0.6) is 0 Å². The van der Waals surface area contributed by atoms with Crippen molar-refractivity contribution in [3.63, 3.8) is 0 Å². The minimum absolute atomic E-state index is 0.00677.